The third kappa shape index (κ3) is 6.57. The summed E-state index contributed by atoms with van der Waals surface area (Å²) < 4.78 is 32.3. The molecule has 10 nitrogen and oxygen atoms in total. The van der Waals surface area contributed by atoms with Crippen molar-refractivity contribution >= 4 is 18.0 Å². The predicted octanol–water partition coefficient (Wildman–Crippen LogP) is 1.52. The molecular formula is C33H53F2N8O2+. The summed E-state index contributed by atoms with van der Waals surface area (Å²) in [6.07, 6.45) is 7.51. The van der Waals surface area contributed by atoms with Crippen molar-refractivity contribution < 1.29 is 22.9 Å². The number of likely N-dealkylation sites (tertiary alicyclic amines) is 1. The molecule has 0 spiro atoms. The number of hydrogen-bond donors (Lipinski definition) is 3. The van der Waals surface area contributed by atoms with Gasteiger partial charge in [0.05, 0.1) is 24.0 Å². The number of unbranched alkanes of at least 4 members (excludes halogenated alkanes) is 2. The van der Waals surface area contributed by atoms with Crippen LogP contribution in [0.15, 0.2) is 23.3 Å². The first-order chi connectivity index (χ1) is 21.6. The summed E-state index contributed by atoms with van der Waals surface area (Å²) in [5.41, 5.74) is 13.2. The van der Waals surface area contributed by atoms with E-state index < -0.39 is 18.3 Å². The monoisotopic (exact) mass is 631 g/mol. The van der Waals surface area contributed by atoms with Crippen LogP contribution < -0.4 is 16.8 Å². The summed E-state index contributed by atoms with van der Waals surface area (Å²) >= 11 is 0. The second kappa shape index (κ2) is 13.4. The van der Waals surface area contributed by atoms with Crippen molar-refractivity contribution in [1.29, 1.82) is 0 Å². The van der Waals surface area contributed by atoms with E-state index in [2.05, 4.69) is 31.8 Å². The molecule has 0 saturated carbocycles. The minimum Gasteiger partial charge on any atom is -0.371 e. The number of nitrogens with two attached hydrogens (primary N) is 2. The summed E-state index contributed by atoms with van der Waals surface area (Å²) in [5.74, 6) is -1.27. The molecule has 4 saturated heterocycles. The number of allylic oxidation sites excluding steroid dienone is 1. The number of rotatable bonds is 10. The van der Waals surface area contributed by atoms with E-state index in [0.717, 1.165) is 58.4 Å². The zero-order valence-electron chi connectivity index (χ0n) is 27.1. The molecule has 250 valence electrons. The lowest BCUT2D eigenvalue weighted by atomic mass is 9.72. The molecule has 6 aliphatic heterocycles. The van der Waals surface area contributed by atoms with Crippen molar-refractivity contribution in [3.8, 4) is 0 Å². The van der Waals surface area contributed by atoms with Crippen LogP contribution in [0.3, 0.4) is 0 Å². The average molecular weight is 632 g/mol. The normalized spacial score (nSPS) is 33.0. The molecule has 0 radical (unpaired) electrons. The van der Waals surface area contributed by atoms with Crippen molar-refractivity contribution in [3.63, 3.8) is 0 Å². The van der Waals surface area contributed by atoms with Crippen molar-refractivity contribution in [3.05, 3.63) is 23.3 Å². The summed E-state index contributed by atoms with van der Waals surface area (Å²) in [5, 5.41) is 3.10. The standard InChI is InChI=1S/C33H52F2N8O2/c1-3-4-5-11-40-20-25(35)29(41-13-7-22(8-14-41)32(45)42-16-15-39-12-9-24(42)19-39)26(21-40)38-31(44)28(30(36)37)27-17-33(2)10-6-23(34)18-43(27)33/h6,18,22,24-25,27-28,30H,3-5,7-17,19-21,36-37H2,1-2H3/p+1/t24-,25?,27?,28?,33?/m1/s1. The molecule has 6 heterocycles. The SMILES string of the molecule is CCCCCN1CC(NC(=O)C(C(N)N)C2CC3(C)CC=C(F)C=[N+]23)=C(N2CCC(C(=O)N3CCN4CC[C@@H]3C4)CC2)C(F)C1. The largest absolute Gasteiger partial charge is 0.371 e. The lowest BCUT2D eigenvalue weighted by Crippen LogP contribution is -2.68. The number of carbonyl (C=O) groups is 2. The Kier molecular flexibility index (Phi) is 9.66. The minimum absolute atomic E-state index is 0.0537. The zero-order chi connectivity index (χ0) is 31.9. The van der Waals surface area contributed by atoms with E-state index in [9.17, 15) is 14.0 Å². The van der Waals surface area contributed by atoms with Gasteiger partial charge in [0.25, 0.3) is 0 Å². The van der Waals surface area contributed by atoms with E-state index in [0.29, 0.717) is 62.8 Å². The van der Waals surface area contributed by atoms with Crippen LogP contribution in [0.25, 0.3) is 0 Å². The van der Waals surface area contributed by atoms with Gasteiger partial charge in [-0.2, -0.15) is 0 Å². The molecule has 6 atom stereocenters. The van der Waals surface area contributed by atoms with Gasteiger partial charge < -0.3 is 26.6 Å². The van der Waals surface area contributed by atoms with E-state index in [1.165, 1.54) is 6.21 Å². The summed E-state index contributed by atoms with van der Waals surface area (Å²) in [4.78, 5) is 36.2. The summed E-state index contributed by atoms with van der Waals surface area (Å²) in [6.45, 7) is 10.6. The molecule has 6 aliphatic rings. The fourth-order valence-electron chi connectivity index (χ4n) is 8.74. The predicted molar refractivity (Wildman–Crippen MR) is 169 cm³/mol. The highest BCUT2D eigenvalue weighted by atomic mass is 19.1. The summed E-state index contributed by atoms with van der Waals surface area (Å²) in [7, 11) is 0. The Morgan fingerprint density at radius 3 is 2.62 bits per heavy atom. The molecule has 0 aromatic heterocycles. The Morgan fingerprint density at radius 2 is 1.89 bits per heavy atom. The number of amides is 2. The third-order valence-corrected chi connectivity index (χ3v) is 11.3. The maximum atomic E-state index is 16.2. The van der Waals surface area contributed by atoms with Gasteiger partial charge >= 0.3 is 0 Å². The molecule has 45 heavy (non-hydrogen) atoms. The number of nitrogens with one attached hydrogen (secondary N) is 1. The maximum Gasteiger partial charge on any atom is 0.237 e. The van der Waals surface area contributed by atoms with Gasteiger partial charge in [-0.15, -0.1) is 0 Å². The first kappa shape index (κ1) is 32.5. The smallest absolute Gasteiger partial charge is 0.237 e. The second-order valence-corrected chi connectivity index (χ2v) is 14.5. The Labute approximate surface area is 266 Å². The van der Waals surface area contributed by atoms with E-state index in [1.807, 2.05) is 11.5 Å². The van der Waals surface area contributed by atoms with Gasteiger partial charge in [0.1, 0.15) is 5.92 Å². The highest BCUT2D eigenvalue weighted by Gasteiger charge is 2.60. The maximum absolute atomic E-state index is 16.2. The Morgan fingerprint density at radius 1 is 1.11 bits per heavy atom. The molecule has 2 amide bonds. The third-order valence-electron chi connectivity index (χ3n) is 11.3. The van der Waals surface area contributed by atoms with Crippen LogP contribution in [0.1, 0.15) is 65.2 Å². The molecule has 0 aliphatic carbocycles. The molecule has 0 aromatic carbocycles. The fraction of sp³-hybridized carbons (Fsp3) is 0.788. The van der Waals surface area contributed by atoms with E-state index >= 15 is 4.39 Å². The van der Waals surface area contributed by atoms with E-state index in [4.69, 9.17) is 11.5 Å². The highest BCUT2D eigenvalue weighted by molar-refractivity contribution is 5.82. The van der Waals surface area contributed by atoms with Gasteiger partial charge in [-0.1, -0.05) is 19.8 Å². The Bertz CT molecular complexity index is 1230. The van der Waals surface area contributed by atoms with Gasteiger partial charge in [0, 0.05) is 77.7 Å². The number of halogens is 2. The first-order valence-corrected chi connectivity index (χ1v) is 17.3. The van der Waals surface area contributed by atoms with Crippen LogP contribution in [-0.4, -0.2) is 131 Å². The van der Waals surface area contributed by atoms with E-state index in [-0.39, 0.29) is 41.7 Å². The van der Waals surface area contributed by atoms with Gasteiger partial charge in [-0.05, 0) is 38.3 Å². The lowest BCUT2D eigenvalue weighted by molar-refractivity contribution is -0.706. The first-order valence-electron chi connectivity index (χ1n) is 17.3. The van der Waals surface area contributed by atoms with Crippen LogP contribution in [-0.2, 0) is 9.59 Å². The number of piperazine rings is 1. The van der Waals surface area contributed by atoms with Crippen LogP contribution in [0, 0.1) is 11.8 Å². The molecule has 12 heteroatoms. The van der Waals surface area contributed by atoms with Crippen LogP contribution in [0.2, 0.25) is 0 Å². The number of piperidine rings is 1. The molecule has 5 N–H and O–H groups in total. The molecule has 0 aromatic rings. The Hall–Kier alpha value is -2.41. The number of fused-ring (bicyclic) bond motifs is 3. The van der Waals surface area contributed by atoms with Crippen molar-refractivity contribution in [2.75, 3.05) is 58.9 Å². The van der Waals surface area contributed by atoms with Crippen LogP contribution in [0.4, 0.5) is 8.78 Å². The zero-order valence-corrected chi connectivity index (χ0v) is 27.1. The van der Waals surface area contributed by atoms with Gasteiger partial charge in [-0.25, -0.2) is 13.4 Å². The van der Waals surface area contributed by atoms with Crippen LogP contribution >= 0.6 is 0 Å². The number of nitrogens with zero attached hydrogens (tertiary/aromatic N) is 5. The van der Waals surface area contributed by atoms with Crippen molar-refractivity contribution in [2.45, 2.75) is 95.2 Å². The number of alkyl halides is 1. The quantitative estimate of drug-likeness (QED) is 0.190. The van der Waals surface area contributed by atoms with Gasteiger partial charge in [0.15, 0.2) is 29.8 Å². The molecular weight excluding hydrogens is 578 g/mol. The summed E-state index contributed by atoms with van der Waals surface area (Å²) in [6, 6.07) is -0.0149. The molecule has 5 unspecified atom stereocenters. The number of hydrogen-bond acceptors (Lipinski definition) is 7. The molecule has 2 bridgehead atoms. The van der Waals surface area contributed by atoms with Crippen molar-refractivity contribution in [1.82, 2.24) is 24.9 Å². The number of carbonyl (C=O) groups excluding carboxylic acids is 2. The van der Waals surface area contributed by atoms with Crippen molar-refractivity contribution in [2.24, 2.45) is 23.3 Å². The molecule has 6 rings (SSSR count). The topological polar surface area (TPSA) is 114 Å². The van der Waals surface area contributed by atoms with Gasteiger partial charge in [0.2, 0.25) is 11.8 Å². The minimum atomic E-state index is -1.26. The van der Waals surface area contributed by atoms with Gasteiger partial charge in [-0.3, -0.25) is 19.4 Å². The van der Waals surface area contributed by atoms with E-state index in [1.54, 1.807) is 6.08 Å². The second-order valence-electron chi connectivity index (χ2n) is 14.5. The van der Waals surface area contributed by atoms with Crippen LogP contribution in [0.5, 0.6) is 0 Å². The molecule has 4 fully saturated rings. The highest BCUT2D eigenvalue weighted by Crippen LogP contribution is 2.41. The average Bonchev–Trinajstić information content (AvgIpc) is 3.38. The lowest BCUT2D eigenvalue weighted by Gasteiger charge is -2.46. The fourth-order valence-corrected chi connectivity index (χ4v) is 8.74. The Balaban J connectivity index is 1.18.